The molecule has 1 saturated heterocycles. The first-order chi connectivity index (χ1) is 9.49. The second-order valence-electron chi connectivity index (χ2n) is 5.64. The lowest BCUT2D eigenvalue weighted by atomic mass is 10.1. The zero-order valence-electron chi connectivity index (χ0n) is 12.4. The molecule has 1 fully saturated rings. The summed E-state index contributed by atoms with van der Waals surface area (Å²) in [6.07, 6.45) is 0. The molecular weight excluding hydrogens is 252 g/mol. The summed E-state index contributed by atoms with van der Waals surface area (Å²) in [6.45, 7) is 8.30. The molecule has 0 aliphatic carbocycles. The van der Waals surface area contributed by atoms with E-state index in [4.69, 9.17) is 0 Å². The lowest BCUT2D eigenvalue weighted by molar-refractivity contribution is -0.135. The third-order valence-electron chi connectivity index (χ3n) is 3.64. The predicted molar refractivity (Wildman–Crippen MR) is 78.5 cm³/mol. The molecule has 0 atom stereocenters. The molecule has 0 aromatic heterocycles. The molecule has 0 unspecified atom stereocenters. The number of nitrogens with zero attached hydrogens (tertiary/aromatic N) is 2. The van der Waals surface area contributed by atoms with Crippen LogP contribution in [0.3, 0.4) is 0 Å². The fraction of sp³-hybridized carbons (Fsp3) is 0.500. The van der Waals surface area contributed by atoms with Gasteiger partial charge in [-0.3, -0.25) is 9.59 Å². The van der Waals surface area contributed by atoms with E-state index < -0.39 is 0 Å². The second kappa shape index (κ2) is 6.07. The summed E-state index contributed by atoms with van der Waals surface area (Å²) in [5.41, 5.74) is 1.82. The largest absolute Gasteiger partial charge is 0.339 e. The van der Waals surface area contributed by atoms with Gasteiger partial charge < -0.3 is 9.80 Å². The average molecular weight is 274 g/mol. The van der Waals surface area contributed by atoms with Crippen molar-refractivity contribution in [3.8, 4) is 0 Å². The molecule has 0 saturated carbocycles. The summed E-state index contributed by atoms with van der Waals surface area (Å²) in [7, 11) is 0. The van der Waals surface area contributed by atoms with Crippen LogP contribution in [0.25, 0.3) is 0 Å². The smallest absolute Gasteiger partial charge is 0.253 e. The number of hydrogen-bond acceptors (Lipinski definition) is 2. The fourth-order valence-electron chi connectivity index (χ4n) is 2.46. The molecule has 108 valence electrons. The number of carbonyl (C=O) groups is 2. The Kier molecular flexibility index (Phi) is 4.42. The highest BCUT2D eigenvalue weighted by Crippen LogP contribution is 2.12. The zero-order chi connectivity index (χ0) is 14.7. The van der Waals surface area contributed by atoms with Gasteiger partial charge in [-0.1, -0.05) is 31.5 Å². The van der Waals surface area contributed by atoms with Crippen molar-refractivity contribution in [1.82, 2.24) is 9.80 Å². The van der Waals surface area contributed by atoms with Gasteiger partial charge in [0.1, 0.15) is 0 Å². The SMILES string of the molecule is Cc1cccc(C(=O)N2CCN(C(=O)C(C)C)CC2)c1. The summed E-state index contributed by atoms with van der Waals surface area (Å²) in [4.78, 5) is 28.0. The van der Waals surface area contributed by atoms with Crippen molar-refractivity contribution >= 4 is 11.8 Å². The topological polar surface area (TPSA) is 40.6 Å². The molecule has 20 heavy (non-hydrogen) atoms. The quantitative estimate of drug-likeness (QED) is 0.827. The maximum absolute atomic E-state index is 12.4. The number of aryl methyl sites for hydroxylation is 1. The van der Waals surface area contributed by atoms with Crippen LogP contribution in [-0.2, 0) is 4.79 Å². The van der Waals surface area contributed by atoms with E-state index in [0.29, 0.717) is 26.2 Å². The summed E-state index contributed by atoms with van der Waals surface area (Å²) >= 11 is 0. The van der Waals surface area contributed by atoms with Gasteiger partial charge in [-0.05, 0) is 19.1 Å². The van der Waals surface area contributed by atoms with Crippen molar-refractivity contribution < 1.29 is 9.59 Å². The number of benzene rings is 1. The van der Waals surface area contributed by atoms with Crippen LogP contribution in [0.4, 0.5) is 0 Å². The summed E-state index contributed by atoms with van der Waals surface area (Å²) in [6, 6.07) is 7.64. The minimum atomic E-state index is 0.0222. The van der Waals surface area contributed by atoms with Gasteiger partial charge >= 0.3 is 0 Å². The van der Waals surface area contributed by atoms with E-state index in [1.165, 1.54) is 0 Å². The van der Waals surface area contributed by atoms with E-state index >= 15 is 0 Å². The lowest BCUT2D eigenvalue weighted by Crippen LogP contribution is -2.51. The molecule has 1 heterocycles. The van der Waals surface area contributed by atoms with Crippen molar-refractivity contribution in [2.45, 2.75) is 20.8 Å². The predicted octanol–water partition coefficient (Wildman–Crippen LogP) is 1.94. The highest BCUT2D eigenvalue weighted by atomic mass is 16.2. The zero-order valence-corrected chi connectivity index (χ0v) is 12.4. The summed E-state index contributed by atoms with van der Waals surface area (Å²) in [5, 5.41) is 0. The Balaban J connectivity index is 1.97. The van der Waals surface area contributed by atoms with Gasteiger partial charge in [0, 0.05) is 37.7 Å². The first-order valence-electron chi connectivity index (χ1n) is 7.14. The van der Waals surface area contributed by atoms with Gasteiger partial charge in [-0.25, -0.2) is 0 Å². The van der Waals surface area contributed by atoms with E-state index in [0.717, 1.165) is 11.1 Å². The Hall–Kier alpha value is -1.84. The highest BCUT2D eigenvalue weighted by Gasteiger charge is 2.25. The summed E-state index contributed by atoms with van der Waals surface area (Å²) in [5.74, 6) is 0.257. The monoisotopic (exact) mass is 274 g/mol. The fourth-order valence-corrected chi connectivity index (χ4v) is 2.46. The van der Waals surface area contributed by atoms with Gasteiger partial charge in [-0.2, -0.15) is 0 Å². The third kappa shape index (κ3) is 3.18. The Bertz CT molecular complexity index is 503. The van der Waals surface area contributed by atoms with Crippen LogP contribution in [0, 0.1) is 12.8 Å². The number of rotatable bonds is 2. The third-order valence-corrected chi connectivity index (χ3v) is 3.64. The van der Waals surface area contributed by atoms with Gasteiger partial charge in [0.15, 0.2) is 0 Å². The first-order valence-corrected chi connectivity index (χ1v) is 7.14. The van der Waals surface area contributed by atoms with Gasteiger partial charge in [0.2, 0.25) is 5.91 Å². The molecule has 1 aromatic carbocycles. The first kappa shape index (κ1) is 14.6. The van der Waals surface area contributed by atoms with E-state index in [1.807, 2.05) is 54.8 Å². The van der Waals surface area contributed by atoms with Crippen molar-refractivity contribution in [2.24, 2.45) is 5.92 Å². The molecule has 1 aromatic rings. The molecule has 0 radical (unpaired) electrons. The molecule has 0 bridgehead atoms. The molecule has 1 aliphatic heterocycles. The normalized spacial score (nSPS) is 15.6. The molecular formula is C16H22N2O2. The molecule has 2 amide bonds. The Morgan fingerprint density at radius 1 is 1.05 bits per heavy atom. The Morgan fingerprint density at radius 2 is 1.65 bits per heavy atom. The maximum Gasteiger partial charge on any atom is 0.253 e. The molecule has 0 spiro atoms. The maximum atomic E-state index is 12.4. The van der Waals surface area contributed by atoms with Gasteiger partial charge in [0.25, 0.3) is 5.91 Å². The van der Waals surface area contributed by atoms with E-state index in [9.17, 15) is 9.59 Å². The van der Waals surface area contributed by atoms with Crippen molar-refractivity contribution in [3.63, 3.8) is 0 Å². The average Bonchev–Trinajstić information content (AvgIpc) is 2.46. The summed E-state index contributed by atoms with van der Waals surface area (Å²) < 4.78 is 0. The van der Waals surface area contributed by atoms with Crippen LogP contribution in [0.5, 0.6) is 0 Å². The highest BCUT2D eigenvalue weighted by molar-refractivity contribution is 5.94. The van der Waals surface area contributed by atoms with Crippen LogP contribution in [0.1, 0.15) is 29.8 Å². The van der Waals surface area contributed by atoms with E-state index in [2.05, 4.69) is 0 Å². The molecule has 4 nitrogen and oxygen atoms in total. The van der Waals surface area contributed by atoms with Crippen LogP contribution in [-0.4, -0.2) is 47.8 Å². The Morgan fingerprint density at radius 3 is 2.20 bits per heavy atom. The second-order valence-corrected chi connectivity index (χ2v) is 5.64. The molecule has 1 aliphatic rings. The van der Waals surface area contributed by atoms with Crippen LogP contribution in [0.15, 0.2) is 24.3 Å². The van der Waals surface area contributed by atoms with Crippen molar-refractivity contribution in [3.05, 3.63) is 35.4 Å². The van der Waals surface area contributed by atoms with Crippen LogP contribution < -0.4 is 0 Å². The van der Waals surface area contributed by atoms with Gasteiger partial charge in [0.05, 0.1) is 0 Å². The van der Waals surface area contributed by atoms with Crippen LogP contribution >= 0.6 is 0 Å². The van der Waals surface area contributed by atoms with Crippen LogP contribution in [0.2, 0.25) is 0 Å². The Labute approximate surface area is 120 Å². The lowest BCUT2D eigenvalue weighted by Gasteiger charge is -2.35. The standard InChI is InChI=1S/C16H22N2O2/c1-12(2)15(19)17-7-9-18(10-8-17)16(20)14-6-4-5-13(3)11-14/h4-6,11-12H,7-10H2,1-3H3. The number of hydrogen-bond donors (Lipinski definition) is 0. The van der Waals surface area contributed by atoms with E-state index in [-0.39, 0.29) is 17.7 Å². The van der Waals surface area contributed by atoms with E-state index in [1.54, 1.807) is 0 Å². The molecule has 4 heteroatoms. The van der Waals surface area contributed by atoms with Crippen molar-refractivity contribution in [1.29, 1.82) is 0 Å². The number of amides is 2. The van der Waals surface area contributed by atoms with Crippen molar-refractivity contribution in [2.75, 3.05) is 26.2 Å². The minimum absolute atomic E-state index is 0.0222. The minimum Gasteiger partial charge on any atom is -0.339 e. The molecule has 0 N–H and O–H groups in total. The van der Waals surface area contributed by atoms with Gasteiger partial charge in [-0.15, -0.1) is 0 Å². The number of piperazine rings is 1. The number of carbonyl (C=O) groups excluding carboxylic acids is 2. The molecule has 2 rings (SSSR count).